The molecule has 0 aromatic carbocycles. The Bertz CT molecular complexity index is 327. The van der Waals surface area contributed by atoms with Gasteiger partial charge in [0.05, 0.1) is 0 Å². The van der Waals surface area contributed by atoms with E-state index in [1.165, 1.54) is 24.2 Å². The molecule has 0 saturated carbocycles. The largest absolute Gasteiger partial charge is 0.429 e. The van der Waals surface area contributed by atoms with Crippen molar-refractivity contribution in [3.63, 3.8) is 0 Å². The first-order chi connectivity index (χ1) is 7.07. The van der Waals surface area contributed by atoms with Crippen LogP contribution in [-0.4, -0.2) is 23.9 Å². The molecule has 0 fully saturated rings. The minimum absolute atomic E-state index is 0.0459. The van der Waals surface area contributed by atoms with E-state index in [4.69, 9.17) is 0 Å². The lowest BCUT2D eigenvalue weighted by Gasteiger charge is -2.22. The molecule has 82 valence electrons. The molecule has 0 spiro atoms. The molecule has 15 heavy (non-hydrogen) atoms. The molecule has 0 saturated heterocycles. The monoisotopic (exact) mass is 235 g/mol. The number of rotatable bonds is 1. The highest BCUT2D eigenvalue weighted by molar-refractivity contribution is 8.03. The van der Waals surface area contributed by atoms with Gasteiger partial charge in [-0.25, -0.2) is 0 Å². The highest BCUT2D eigenvalue weighted by Gasteiger charge is 2.40. The minimum Gasteiger partial charge on any atom is -0.375 e. The van der Waals surface area contributed by atoms with Crippen LogP contribution in [0.2, 0.25) is 0 Å². The molecular weight excluding hydrogens is 227 g/mol. The smallest absolute Gasteiger partial charge is 0.375 e. The van der Waals surface area contributed by atoms with Crippen LogP contribution < -0.4 is 10.6 Å². The zero-order valence-electron chi connectivity index (χ0n) is 7.45. The van der Waals surface area contributed by atoms with Gasteiger partial charge in [-0.1, -0.05) is 0 Å². The Balaban J connectivity index is 1.99. The first-order valence-electron chi connectivity index (χ1n) is 4.20. The van der Waals surface area contributed by atoms with Gasteiger partial charge in [-0.15, -0.1) is 11.8 Å². The van der Waals surface area contributed by atoms with Gasteiger partial charge in [-0.3, -0.25) is 4.99 Å². The van der Waals surface area contributed by atoms with Crippen molar-refractivity contribution in [1.82, 2.24) is 10.6 Å². The number of nitrogens with one attached hydrogen (secondary N) is 2. The highest BCUT2D eigenvalue weighted by atomic mass is 32.2. The Hall–Kier alpha value is -1.11. The Morgan fingerprint density at radius 1 is 1.33 bits per heavy atom. The number of hydrogen-bond donors (Lipinski definition) is 2. The third kappa shape index (κ3) is 2.28. The lowest BCUT2D eigenvalue weighted by molar-refractivity contribution is -0.151. The van der Waals surface area contributed by atoms with Crippen LogP contribution in [0.3, 0.4) is 0 Å². The second-order valence-electron chi connectivity index (χ2n) is 3.02. The van der Waals surface area contributed by atoms with Crippen molar-refractivity contribution >= 4 is 18.0 Å². The minimum atomic E-state index is -4.34. The molecule has 0 bridgehead atoms. The summed E-state index contributed by atoms with van der Waals surface area (Å²) >= 11 is 1.49. The van der Waals surface area contributed by atoms with E-state index >= 15 is 0 Å². The van der Waals surface area contributed by atoms with Crippen molar-refractivity contribution in [2.24, 2.45) is 4.99 Å². The number of nitrogens with zero attached hydrogens (tertiary/aromatic N) is 1. The van der Waals surface area contributed by atoms with Crippen LogP contribution in [0.1, 0.15) is 0 Å². The van der Waals surface area contributed by atoms with Gasteiger partial charge in [0.2, 0.25) is 6.17 Å². The van der Waals surface area contributed by atoms with Crippen LogP contribution in [0, 0.1) is 0 Å². The molecule has 0 aliphatic carbocycles. The maximum Gasteiger partial charge on any atom is 0.429 e. The summed E-state index contributed by atoms with van der Waals surface area (Å²) in [6, 6.07) is 0. The van der Waals surface area contributed by atoms with E-state index in [0.29, 0.717) is 5.57 Å². The number of aliphatic imine (C=N–C) groups is 1. The Labute approximate surface area is 88.5 Å². The summed E-state index contributed by atoms with van der Waals surface area (Å²) < 4.78 is 36.6. The van der Waals surface area contributed by atoms with Crippen molar-refractivity contribution < 1.29 is 13.2 Å². The van der Waals surface area contributed by atoms with Gasteiger partial charge in [0.1, 0.15) is 5.37 Å². The topological polar surface area (TPSA) is 36.4 Å². The molecule has 2 rings (SSSR count). The number of halogens is 3. The van der Waals surface area contributed by atoms with Crippen LogP contribution >= 0.6 is 11.8 Å². The predicted octanol–water partition coefficient (Wildman–Crippen LogP) is 1.57. The normalized spacial score (nSPS) is 29.7. The van der Waals surface area contributed by atoms with Crippen LogP contribution in [0.5, 0.6) is 0 Å². The average Bonchev–Trinajstić information content (AvgIpc) is 2.69. The van der Waals surface area contributed by atoms with Crippen molar-refractivity contribution in [1.29, 1.82) is 0 Å². The SMILES string of the molecule is FC(F)(F)C1N=CC(C2NC=CS2)=CN1. The lowest BCUT2D eigenvalue weighted by atomic mass is 10.2. The van der Waals surface area contributed by atoms with Crippen LogP contribution in [0.25, 0.3) is 0 Å². The first kappa shape index (κ1) is 10.4. The van der Waals surface area contributed by atoms with Gasteiger partial charge in [0, 0.05) is 24.2 Å². The fourth-order valence-corrected chi connectivity index (χ4v) is 1.95. The zero-order chi connectivity index (χ0) is 10.9. The third-order valence-electron chi connectivity index (χ3n) is 1.92. The Morgan fingerprint density at radius 3 is 2.60 bits per heavy atom. The van der Waals surface area contributed by atoms with Gasteiger partial charge in [0.15, 0.2) is 0 Å². The van der Waals surface area contributed by atoms with E-state index in [0.717, 1.165) is 0 Å². The molecule has 2 aliphatic rings. The Kier molecular flexibility index (Phi) is 2.64. The fourth-order valence-electron chi connectivity index (χ4n) is 1.20. The lowest BCUT2D eigenvalue weighted by Crippen LogP contribution is -2.41. The summed E-state index contributed by atoms with van der Waals surface area (Å²) in [5.74, 6) is 0. The van der Waals surface area contributed by atoms with Crippen molar-refractivity contribution in [2.75, 3.05) is 0 Å². The molecule has 2 N–H and O–H groups in total. The van der Waals surface area contributed by atoms with E-state index in [-0.39, 0.29) is 5.37 Å². The van der Waals surface area contributed by atoms with E-state index in [1.807, 2.05) is 5.41 Å². The molecule has 2 atom stereocenters. The molecule has 0 amide bonds. The van der Waals surface area contributed by atoms with Crippen molar-refractivity contribution in [3.8, 4) is 0 Å². The second-order valence-corrected chi connectivity index (χ2v) is 4.03. The average molecular weight is 235 g/mol. The van der Waals surface area contributed by atoms with Crippen molar-refractivity contribution in [3.05, 3.63) is 23.4 Å². The van der Waals surface area contributed by atoms with E-state index in [9.17, 15) is 13.2 Å². The van der Waals surface area contributed by atoms with E-state index in [2.05, 4.69) is 15.6 Å². The number of hydrogen-bond acceptors (Lipinski definition) is 4. The van der Waals surface area contributed by atoms with Gasteiger partial charge in [-0.2, -0.15) is 13.2 Å². The maximum atomic E-state index is 12.2. The standard InChI is InChI=1S/C8H8F3N3S/c9-8(10,11)7-13-3-5(4-14-7)6-12-1-2-15-6/h1-4,6-7,12-13H. The van der Waals surface area contributed by atoms with E-state index < -0.39 is 12.3 Å². The van der Waals surface area contributed by atoms with Crippen molar-refractivity contribution in [2.45, 2.75) is 17.7 Å². The summed E-state index contributed by atoms with van der Waals surface area (Å²) in [6.45, 7) is 0. The third-order valence-corrected chi connectivity index (χ3v) is 2.90. The second kappa shape index (κ2) is 3.80. The molecule has 0 aromatic rings. The molecule has 2 heterocycles. The van der Waals surface area contributed by atoms with Gasteiger partial charge in [-0.05, 0) is 5.41 Å². The van der Waals surface area contributed by atoms with E-state index in [1.54, 1.807) is 6.20 Å². The maximum absolute atomic E-state index is 12.2. The van der Waals surface area contributed by atoms with Gasteiger partial charge in [0.25, 0.3) is 0 Å². The molecular formula is C8H8F3N3S. The fraction of sp³-hybridized carbons (Fsp3) is 0.375. The summed E-state index contributed by atoms with van der Waals surface area (Å²) in [4.78, 5) is 3.42. The highest BCUT2D eigenvalue weighted by Crippen LogP contribution is 2.26. The molecule has 0 radical (unpaired) electrons. The zero-order valence-corrected chi connectivity index (χ0v) is 8.27. The quantitative estimate of drug-likeness (QED) is 0.724. The Morgan fingerprint density at radius 2 is 2.13 bits per heavy atom. The summed E-state index contributed by atoms with van der Waals surface area (Å²) in [6.07, 6.45) is -1.80. The molecule has 0 aromatic heterocycles. The molecule has 2 aliphatic heterocycles. The van der Waals surface area contributed by atoms with Crippen LogP contribution in [0.4, 0.5) is 13.2 Å². The van der Waals surface area contributed by atoms with Crippen LogP contribution in [0.15, 0.2) is 28.4 Å². The summed E-state index contributed by atoms with van der Waals surface area (Å²) in [5, 5.41) is 7.00. The molecule has 7 heteroatoms. The van der Waals surface area contributed by atoms with Crippen LogP contribution in [-0.2, 0) is 0 Å². The predicted molar refractivity (Wildman–Crippen MR) is 53.2 cm³/mol. The van der Waals surface area contributed by atoms with Gasteiger partial charge >= 0.3 is 6.18 Å². The first-order valence-corrected chi connectivity index (χ1v) is 5.14. The number of alkyl halides is 3. The molecule has 2 unspecified atom stereocenters. The summed E-state index contributed by atoms with van der Waals surface area (Å²) in [5.41, 5.74) is 0.700. The number of thioether (sulfide) groups is 1. The molecule has 3 nitrogen and oxygen atoms in total. The van der Waals surface area contributed by atoms with Gasteiger partial charge < -0.3 is 10.6 Å². The summed E-state index contributed by atoms with van der Waals surface area (Å²) in [7, 11) is 0.